The molecule has 0 spiro atoms. The number of nitrogen functional groups attached to an aromatic ring is 1. The van der Waals surface area contributed by atoms with Crippen LogP contribution < -0.4 is 5.73 Å². The van der Waals surface area contributed by atoms with E-state index in [9.17, 15) is 8.42 Å². The molecule has 0 radical (unpaired) electrons. The third-order valence-corrected chi connectivity index (χ3v) is 6.26. The molecular formula is C16H20N2O2S. The van der Waals surface area contributed by atoms with Gasteiger partial charge in [-0.05, 0) is 43.4 Å². The first kappa shape index (κ1) is 14.4. The van der Waals surface area contributed by atoms with E-state index in [1.165, 1.54) is 0 Å². The van der Waals surface area contributed by atoms with Gasteiger partial charge in [0.25, 0.3) is 0 Å². The van der Waals surface area contributed by atoms with E-state index in [-0.39, 0.29) is 6.04 Å². The van der Waals surface area contributed by atoms with E-state index < -0.39 is 10.0 Å². The first-order valence-electron chi connectivity index (χ1n) is 7.30. The maximum absolute atomic E-state index is 13.0. The van der Waals surface area contributed by atoms with E-state index in [1.807, 2.05) is 19.1 Å². The Balaban J connectivity index is 2.15. The Kier molecular flexibility index (Phi) is 3.63. The van der Waals surface area contributed by atoms with Crippen LogP contribution in [0.3, 0.4) is 0 Å². The van der Waals surface area contributed by atoms with Gasteiger partial charge >= 0.3 is 0 Å². The van der Waals surface area contributed by atoms with Gasteiger partial charge in [0.05, 0.1) is 4.90 Å². The first-order valence-corrected chi connectivity index (χ1v) is 8.74. The summed E-state index contributed by atoms with van der Waals surface area (Å²) in [6.45, 7) is 2.59. The average molecular weight is 304 g/mol. The number of benzene rings is 2. The molecule has 0 aliphatic carbocycles. The predicted molar refractivity (Wildman–Crippen MR) is 85.6 cm³/mol. The molecule has 1 aliphatic heterocycles. The van der Waals surface area contributed by atoms with Crippen LogP contribution in [0.25, 0.3) is 10.8 Å². The number of piperidine rings is 1. The number of anilines is 1. The summed E-state index contributed by atoms with van der Waals surface area (Å²) >= 11 is 0. The van der Waals surface area contributed by atoms with Crippen molar-refractivity contribution in [1.29, 1.82) is 0 Å². The molecule has 1 heterocycles. The highest BCUT2D eigenvalue weighted by atomic mass is 32.2. The number of fused-ring (bicyclic) bond motifs is 1. The molecule has 1 fully saturated rings. The second kappa shape index (κ2) is 5.31. The molecular weight excluding hydrogens is 284 g/mol. The molecule has 112 valence electrons. The minimum Gasteiger partial charge on any atom is -0.399 e. The summed E-state index contributed by atoms with van der Waals surface area (Å²) in [6, 6.07) is 10.8. The second-order valence-corrected chi connectivity index (χ2v) is 7.56. The maximum atomic E-state index is 13.0. The SMILES string of the molecule is CC1CCCCN1S(=O)(=O)c1cccc2cc(N)ccc12. The van der Waals surface area contributed by atoms with E-state index >= 15 is 0 Å². The molecule has 4 nitrogen and oxygen atoms in total. The molecule has 0 aromatic heterocycles. The van der Waals surface area contributed by atoms with Crippen molar-refractivity contribution in [2.75, 3.05) is 12.3 Å². The number of hydrogen-bond donors (Lipinski definition) is 1. The molecule has 5 heteroatoms. The molecule has 2 aromatic rings. The predicted octanol–water partition coefficient (Wildman–Crippen LogP) is 2.99. The molecule has 0 saturated carbocycles. The Morgan fingerprint density at radius 2 is 2.00 bits per heavy atom. The first-order chi connectivity index (χ1) is 10.00. The van der Waals surface area contributed by atoms with Crippen LogP contribution >= 0.6 is 0 Å². The fraction of sp³-hybridized carbons (Fsp3) is 0.375. The lowest BCUT2D eigenvalue weighted by Crippen LogP contribution is -2.41. The van der Waals surface area contributed by atoms with Crippen molar-refractivity contribution < 1.29 is 8.42 Å². The fourth-order valence-electron chi connectivity index (χ4n) is 3.05. The lowest BCUT2D eigenvalue weighted by molar-refractivity contribution is 0.269. The van der Waals surface area contributed by atoms with Crippen LogP contribution in [0.4, 0.5) is 5.69 Å². The Morgan fingerprint density at radius 1 is 1.19 bits per heavy atom. The van der Waals surface area contributed by atoms with E-state index in [4.69, 9.17) is 5.73 Å². The molecule has 1 unspecified atom stereocenters. The Labute approximate surface area is 125 Å². The van der Waals surface area contributed by atoms with Crippen molar-refractivity contribution in [2.45, 2.75) is 37.1 Å². The van der Waals surface area contributed by atoms with Crippen molar-refractivity contribution in [1.82, 2.24) is 4.31 Å². The third-order valence-electron chi connectivity index (χ3n) is 4.19. The van der Waals surface area contributed by atoms with Gasteiger partial charge in [0.15, 0.2) is 0 Å². The van der Waals surface area contributed by atoms with E-state index in [2.05, 4.69) is 0 Å². The van der Waals surface area contributed by atoms with E-state index in [0.29, 0.717) is 17.1 Å². The molecule has 0 bridgehead atoms. The Hall–Kier alpha value is -1.59. The molecule has 3 rings (SSSR count). The third kappa shape index (κ3) is 2.51. The highest BCUT2D eigenvalue weighted by molar-refractivity contribution is 7.89. The summed E-state index contributed by atoms with van der Waals surface area (Å²) in [7, 11) is -3.46. The summed E-state index contributed by atoms with van der Waals surface area (Å²) in [5, 5.41) is 1.60. The molecule has 0 amide bonds. The summed E-state index contributed by atoms with van der Waals surface area (Å²) < 4.78 is 27.6. The Bertz CT molecular complexity index is 771. The number of sulfonamides is 1. The smallest absolute Gasteiger partial charge is 0.243 e. The van der Waals surface area contributed by atoms with Gasteiger partial charge in [-0.3, -0.25) is 0 Å². The van der Waals surface area contributed by atoms with Crippen LogP contribution in [0.2, 0.25) is 0 Å². The highest BCUT2D eigenvalue weighted by Gasteiger charge is 2.31. The Morgan fingerprint density at radius 3 is 2.76 bits per heavy atom. The standard InChI is InChI=1S/C16H20N2O2S/c1-12-5-2-3-10-18(12)21(19,20)16-7-4-6-13-11-14(17)8-9-15(13)16/h4,6-9,11-12H,2-3,5,10,17H2,1H3. The van der Waals surface area contributed by atoms with Crippen molar-refractivity contribution in [2.24, 2.45) is 0 Å². The zero-order valence-electron chi connectivity index (χ0n) is 12.1. The largest absolute Gasteiger partial charge is 0.399 e. The van der Waals surface area contributed by atoms with Gasteiger partial charge in [0, 0.05) is 23.7 Å². The zero-order chi connectivity index (χ0) is 15.0. The molecule has 21 heavy (non-hydrogen) atoms. The topological polar surface area (TPSA) is 63.4 Å². The fourth-order valence-corrected chi connectivity index (χ4v) is 4.97. The summed E-state index contributed by atoms with van der Waals surface area (Å²) in [5.74, 6) is 0. The number of hydrogen-bond acceptors (Lipinski definition) is 3. The van der Waals surface area contributed by atoms with Crippen LogP contribution in [0, 0.1) is 0 Å². The molecule has 1 atom stereocenters. The number of nitrogens with zero attached hydrogens (tertiary/aromatic N) is 1. The normalized spacial score (nSPS) is 20.7. The van der Waals surface area contributed by atoms with E-state index in [0.717, 1.165) is 30.0 Å². The zero-order valence-corrected chi connectivity index (χ0v) is 12.9. The van der Waals surface area contributed by atoms with Gasteiger partial charge in [0.1, 0.15) is 0 Å². The lowest BCUT2D eigenvalue weighted by Gasteiger charge is -2.32. The van der Waals surface area contributed by atoms with Crippen molar-refractivity contribution in [3.05, 3.63) is 36.4 Å². The van der Waals surface area contributed by atoms with Crippen molar-refractivity contribution in [3.8, 4) is 0 Å². The van der Waals surface area contributed by atoms with Gasteiger partial charge in [-0.1, -0.05) is 24.6 Å². The van der Waals surface area contributed by atoms with Gasteiger partial charge in [-0.2, -0.15) is 4.31 Å². The number of rotatable bonds is 2. The molecule has 1 saturated heterocycles. The molecule has 2 N–H and O–H groups in total. The average Bonchev–Trinajstić information content (AvgIpc) is 2.46. The van der Waals surface area contributed by atoms with Crippen LogP contribution in [-0.4, -0.2) is 25.3 Å². The van der Waals surface area contributed by atoms with Gasteiger partial charge in [-0.25, -0.2) is 8.42 Å². The summed E-state index contributed by atoms with van der Waals surface area (Å²) in [4.78, 5) is 0.383. The minimum atomic E-state index is -3.46. The van der Waals surface area contributed by atoms with Crippen LogP contribution in [-0.2, 0) is 10.0 Å². The molecule has 1 aliphatic rings. The lowest BCUT2D eigenvalue weighted by atomic mass is 10.1. The van der Waals surface area contributed by atoms with Crippen LogP contribution in [0.15, 0.2) is 41.3 Å². The minimum absolute atomic E-state index is 0.0628. The summed E-state index contributed by atoms with van der Waals surface area (Å²) in [6.07, 6.45) is 2.96. The maximum Gasteiger partial charge on any atom is 0.243 e. The highest BCUT2D eigenvalue weighted by Crippen LogP contribution is 2.30. The number of nitrogens with two attached hydrogens (primary N) is 1. The van der Waals surface area contributed by atoms with Gasteiger partial charge in [-0.15, -0.1) is 0 Å². The van der Waals surface area contributed by atoms with Crippen molar-refractivity contribution in [3.63, 3.8) is 0 Å². The molecule has 2 aromatic carbocycles. The van der Waals surface area contributed by atoms with Gasteiger partial charge < -0.3 is 5.73 Å². The van der Waals surface area contributed by atoms with Crippen molar-refractivity contribution >= 4 is 26.5 Å². The monoisotopic (exact) mass is 304 g/mol. The quantitative estimate of drug-likeness (QED) is 0.868. The van der Waals surface area contributed by atoms with E-state index in [1.54, 1.807) is 28.6 Å². The summed E-state index contributed by atoms with van der Waals surface area (Å²) in [5.41, 5.74) is 6.43. The van der Waals surface area contributed by atoms with Crippen LogP contribution in [0.1, 0.15) is 26.2 Å². The second-order valence-electron chi connectivity index (χ2n) is 5.70. The van der Waals surface area contributed by atoms with Crippen LogP contribution in [0.5, 0.6) is 0 Å². The van der Waals surface area contributed by atoms with Gasteiger partial charge in [0.2, 0.25) is 10.0 Å².